The molecule has 192 valence electrons. The fourth-order valence-corrected chi connectivity index (χ4v) is 5.15. The lowest BCUT2D eigenvalue weighted by Gasteiger charge is -2.38. The SMILES string of the molecule is C#CCNc1cc(N2C(N(C)C(O)(O)c3cnn(C)c3)=NC3CCCC32)c(C=O)cc1C1CC1.NS. The summed E-state index contributed by atoms with van der Waals surface area (Å²) in [5.41, 5.74) is 3.50. The van der Waals surface area contributed by atoms with Crippen molar-refractivity contribution in [2.75, 3.05) is 23.8 Å². The first-order valence-electron chi connectivity index (χ1n) is 12.0. The number of benzene rings is 1. The van der Waals surface area contributed by atoms with Gasteiger partial charge in [0, 0.05) is 31.5 Å². The lowest BCUT2D eigenvalue weighted by molar-refractivity contribution is -0.243. The fraction of sp³-hybridized carbons (Fsp3) is 0.480. The number of aryl methyl sites for hydroxylation is 1. The number of hydrogen-bond donors (Lipinski definition) is 5. The minimum absolute atomic E-state index is 0.0203. The Labute approximate surface area is 216 Å². The number of hydrogen-bond acceptors (Lipinski definition) is 10. The van der Waals surface area contributed by atoms with Crippen LogP contribution < -0.4 is 15.4 Å². The van der Waals surface area contributed by atoms with Gasteiger partial charge in [0.05, 0.1) is 36.1 Å². The zero-order chi connectivity index (χ0) is 26.0. The molecule has 1 aliphatic heterocycles. The Hall–Kier alpha value is -3.04. The normalized spacial score (nSPS) is 20.7. The van der Waals surface area contributed by atoms with Gasteiger partial charge in [-0.1, -0.05) is 5.92 Å². The molecule has 11 heteroatoms. The van der Waals surface area contributed by atoms with Crippen LogP contribution in [0.2, 0.25) is 0 Å². The molecular formula is C25H33N7O3S. The molecule has 0 bridgehead atoms. The molecule has 1 aromatic carbocycles. The molecule has 10 nitrogen and oxygen atoms in total. The first-order valence-corrected chi connectivity index (χ1v) is 12.5. The van der Waals surface area contributed by atoms with E-state index in [-0.39, 0.29) is 17.6 Å². The molecule has 2 unspecified atom stereocenters. The van der Waals surface area contributed by atoms with E-state index in [0.717, 1.165) is 49.6 Å². The number of guanidine groups is 1. The van der Waals surface area contributed by atoms with Gasteiger partial charge in [0.2, 0.25) is 5.96 Å². The van der Waals surface area contributed by atoms with Gasteiger partial charge in [0.15, 0.2) is 6.29 Å². The van der Waals surface area contributed by atoms with E-state index in [1.165, 1.54) is 15.8 Å². The van der Waals surface area contributed by atoms with Crippen molar-refractivity contribution in [2.45, 2.75) is 56.0 Å². The predicted octanol–water partition coefficient (Wildman–Crippen LogP) is 1.77. The van der Waals surface area contributed by atoms with Gasteiger partial charge >= 0.3 is 0 Å². The highest BCUT2D eigenvalue weighted by Gasteiger charge is 2.47. The van der Waals surface area contributed by atoms with Crippen LogP contribution in [0, 0.1) is 12.3 Å². The average Bonchev–Trinajstić information content (AvgIpc) is 3.28. The number of aldehydes is 1. The maximum absolute atomic E-state index is 12.3. The molecule has 0 radical (unpaired) electrons. The van der Waals surface area contributed by atoms with Crippen molar-refractivity contribution in [3.8, 4) is 12.3 Å². The van der Waals surface area contributed by atoms with E-state index < -0.39 is 5.91 Å². The number of carbonyl (C=O) groups is 1. The highest BCUT2D eigenvalue weighted by molar-refractivity contribution is 7.77. The molecule has 5 rings (SSSR count). The largest absolute Gasteiger partial charge is 0.374 e. The van der Waals surface area contributed by atoms with Crippen LogP contribution in [-0.2, 0) is 13.0 Å². The Morgan fingerprint density at radius 1 is 1.33 bits per heavy atom. The van der Waals surface area contributed by atoms with E-state index in [4.69, 9.17) is 11.4 Å². The van der Waals surface area contributed by atoms with E-state index in [2.05, 4.69) is 34.3 Å². The second kappa shape index (κ2) is 10.5. The molecule has 36 heavy (non-hydrogen) atoms. The summed E-state index contributed by atoms with van der Waals surface area (Å²) in [6, 6.07) is 3.98. The Morgan fingerprint density at radius 2 is 2.08 bits per heavy atom. The minimum Gasteiger partial charge on any atom is -0.374 e. The third kappa shape index (κ3) is 4.69. The van der Waals surface area contributed by atoms with E-state index >= 15 is 0 Å². The molecule has 5 N–H and O–H groups in total. The van der Waals surface area contributed by atoms with Crippen molar-refractivity contribution in [3.63, 3.8) is 0 Å². The second-order valence-corrected chi connectivity index (χ2v) is 9.41. The average molecular weight is 512 g/mol. The number of anilines is 2. The number of aliphatic imine (C=N–C) groups is 1. The maximum Gasteiger partial charge on any atom is 0.280 e. The molecular weight excluding hydrogens is 478 g/mol. The minimum atomic E-state index is -2.33. The van der Waals surface area contributed by atoms with Crippen LogP contribution in [0.4, 0.5) is 11.4 Å². The van der Waals surface area contributed by atoms with Crippen molar-refractivity contribution in [2.24, 2.45) is 17.2 Å². The van der Waals surface area contributed by atoms with Gasteiger partial charge in [-0.3, -0.25) is 19.5 Å². The van der Waals surface area contributed by atoms with E-state index in [0.29, 0.717) is 29.7 Å². The number of aliphatic hydroxyl groups is 2. The van der Waals surface area contributed by atoms with E-state index in [9.17, 15) is 15.0 Å². The molecule has 2 atom stereocenters. The lowest BCUT2D eigenvalue weighted by atomic mass is 10.0. The van der Waals surface area contributed by atoms with Gasteiger partial charge in [-0.25, -0.2) is 4.99 Å². The maximum atomic E-state index is 12.3. The molecule has 2 fully saturated rings. The van der Waals surface area contributed by atoms with Crippen LogP contribution in [0.3, 0.4) is 0 Å². The quantitative estimate of drug-likeness (QED) is 0.164. The van der Waals surface area contributed by atoms with Crippen LogP contribution in [0.25, 0.3) is 0 Å². The number of terminal acetylenes is 1. The summed E-state index contributed by atoms with van der Waals surface area (Å²) >= 11 is 3.03. The number of carbonyl (C=O) groups excluding carboxylic acids is 1. The van der Waals surface area contributed by atoms with Crippen LogP contribution in [0.15, 0.2) is 29.5 Å². The summed E-state index contributed by atoms with van der Waals surface area (Å²) in [7, 11) is 3.31. The number of nitrogens with zero attached hydrogens (tertiary/aromatic N) is 5. The summed E-state index contributed by atoms with van der Waals surface area (Å²) < 4.78 is 1.51. The molecule has 2 aliphatic carbocycles. The molecule has 0 amide bonds. The zero-order valence-electron chi connectivity index (χ0n) is 20.5. The number of nitrogens with two attached hydrogens (primary N) is 1. The first-order chi connectivity index (χ1) is 17.3. The van der Waals surface area contributed by atoms with Gasteiger partial charge in [0.1, 0.15) is 0 Å². The Balaban J connectivity index is 0.00000148. The van der Waals surface area contributed by atoms with E-state index in [1.807, 2.05) is 17.0 Å². The Morgan fingerprint density at radius 3 is 2.69 bits per heavy atom. The summed E-state index contributed by atoms with van der Waals surface area (Å²) in [5, 5.41) is 33.8. The van der Waals surface area contributed by atoms with Crippen molar-refractivity contribution in [1.29, 1.82) is 0 Å². The number of nitrogens with one attached hydrogen (secondary N) is 1. The summed E-state index contributed by atoms with van der Waals surface area (Å²) in [6.45, 7) is 0.379. The Bertz CT molecular complexity index is 1180. The van der Waals surface area contributed by atoms with Gasteiger partial charge in [-0.15, -0.1) is 19.2 Å². The molecule has 2 aromatic rings. The third-order valence-electron chi connectivity index (χ3n) is 7.12. The predicted molar refractivity (Wildman–Crippen MR) is 143 cm³/mol. The smallest absolute Gasteiger partial charge is 0.280 e. The van der Waals surface area contributed by atoms with Gasteiger partial charge in [0.25, 0.3) is 5.91 Å². The van der Waals surface area contributed by atoms with Crippen LogP contribution in [-0.4, -0.2) is 62.8 Å². The molecule has 2 saturated carbocycles. The molecule has 2 heterocycles. The zero-order valence-corrected chi connectivity index (χ0v) is 21.4. The van der Waals surface area contributed by atoms with Crippen LogP contribution in [0.5, 0.6) is 0 Å². The first kappa shape index (κ1) is 26.0. The highest BCUT2D eigenvalue weighted by atomic mass is 32.1. The molecule has 0 saturated heterocycles. The van der Waals surface area contributed by atoms with Crippen LogP contribution in [0.1, 0.15) is 59.5 Å². The fourth-order valence-electron chi connectivity index (χ4n) is 5.15. The standard InChI is InChI=1S/C25H30N6O3.H3NS/c1-4-10-26-21-12-23(17(15-32)11-19(21)16-8-9-16)31-22-7-5-6-20(22)28-24(31)30(3)25(33,34)18-13-27-29(2)14-18;1-2/h1,11-16,20,22,26,33-34H,5-10H2,2-3H3;2H,1H2. The summed E-state index contributed by atoms with van der Waals surface area (Å²) in [4.78, 5) is 20.5. The lowest BCUT2D eigenvalue weighted by Crippen LogP contribution is -2.54. The monoisotopic (exact) mass is 511 g/mol. The topological polar surface area (TPSA) is 132 Å². The second-order valence-electron chi connectivity index (χ2n) is 9.41. The van der Waals surface area contributed by atoms with Gasteiger partial charge in [-0.2, -0.15) is 5.10 Å². The summed E-state index contributed by atoms with van der Waals surface area (Å²) in [6.07, 6.45) is 14.4. The van der Waals surface area contributed by atoms with Crippen molar-refractivity contribution in [3.05, 3.63) is 41.2 Å². The number of fused-ring (bicyclic) bond motifs is 1. The molecule has 1 aromatic heterocycles. The number of aromatic nitrogens is 2. The Kier molecular flexibility index (Phi) is 7.61. The summed E-state index contributed by atoms with van der Waals surface area (Å²) in [5.74, 6) is 1.13. The van der Waals surface area contributed by atoms with E-state index in [1.54, 1.807) is 20.3 Å². The van der Waals surface area contributed by atoms with Crippen molar-refractivity contribution < 1.29 is 15.0 Å². The third-order valence-corrected chi connectivity index (χ3v) is 7.12. The number of thiol groups is 1. The van der Waals surface area contributed by atoms with Crippen LogP contribution >= 0.6 is 12.8 Å². The molecule has 3 aliphatic rings. The molecule has 0 spiro atoms. The van der Waals surface area contributed by atoms with Crippen molar-refractivity contribution in [1.82, 2.24) is 14.7 Å². The number of rotatable bonds is 7. The van der Waals surface area contributed by atoms with Gasteiger partial charge in [-0.05, 0) is 55.7 Å². The van der Waals surface area contributed by atoms with Crippen molar-refractivity contribution >= 4 is 36.4 Å². The highest BCUT2D eigenvalue weighted by Crippen LogP contribution is 2.47. The van der Waals surface area contributed by atoms with Gasteiger partial charge < -0.3 is 20.4 Å².